The zero-order valence-electron chi connectivity index (χ0n) is 25.0. The standard InChI is InChI=1S/C36H47N3O2.CH4/c1-35-24-32(27-7-5-26(6-8-27)25-3-4-25)34-30-12-10-29(41-22-21-39-19-17-38(2)18-20-39)23-28(30)9-11-31(34)33(35)13-14-36(35,40)15-16-37;/h5-8,10,12,23,25,31-34,40H,3-4,9,11,13-15,17-22,24H2,1-2H3;1H4. The van der Waals surface area contributed by atoms with Crippen molar-refractivity contribution in [1.82, 2.24) is 9.80 Å². The third-order valence-electron chi connectivity index (χ3n) is 12.1. The molecule has 5 heteroatoms. The maximum absolute atomic E-state index is 11.9. The van der Waals surface area contributed by atoms with Gasteiger partial charge in [0.2, 0.25) is 0 Å². The number of rotatable bonds is 7. The molecule has 7 rings (SSSR count). The van der Waals surface area contributed by atoms with Crippen LogP contribution in [0.15, 0.2) is 42.5 Å². The molecule has 0 amide bonds. The first-order chi connectivity index (χ1) is 19.9. The van der Waals surface area contributed by atoms with E-state index in [1.807, 2.05) is 0 Å². The second-order valence-electron chi connectivity index (χ2n) is 14.3. The molecule has 2 aromatic rings. The monoisotopic (exact) mass is 569 g/mol. The van der Waals surface area contributed by atoms with Crippen LogP contribution in [0, 0.1) is 28.6 Å². The van der Waals surface area contributed by atoms with Gasteiger partial charge >= 0.3 is 0 Å². The predicted octanol–water partition coefficient (Wildman–Crippen LogP) is 6.72. The molecule has 2 aromatic carbocycles. The molecule has 3 saturated carbocycles. The minimum atomic E-state index is -0.884. The van der Waals surface area contributed by atoms with Crippen LogP contribution in [0.5, 0.6) is 5.75 Å². The smallest absolute Gasteiger partial charge is 0.119 e. The van der Waals surface area contributed by atoms with Crippen LogP contribution in [0.1, 0.15) is 99.3 Å². The van der Waals surface area contributed by atoms with E-state index in [2.05, 4.69) is 72.3 Å². The number of ether oxygens (including phenoxy) is 1. The van der Waals surface area contributed by atoms with Gasteiger partial charge in [-0.2, -0.15) is 5.26 Å². The molecule has 0 spiro atoms. The average molecular weight is 570 g/mol. The van der Waals surface area contributed by atoms with Crippen LogP contribution in [0.4, 0.5) is 0 Å². The summed E-state index contributed by atoms with van der Waals surface area (Å²) in [5.41, 5.74) is 4.74. The highest BCUT2D eigenvalue weighted by Crippen LogP contribution is 2.68. The van der Waals surface area contributed by atoms with Crippen LogP contribution < -0.4 is 4.74 Å². The number of aliphatic hydroxyl groups is 1. The summed E-state index contributed by atoms with van der Waals surface area (Å²) in [5, 5.41) is 21.6. The van der Waals surface area contributed by atoms with Gasteiger partial charge in [0, 0.05) is 38.1 Å². The second kappa shape index (κ2) is 11.6. The predicted molar refractivity (Wildman–Crippen MR) is 169 cm³/mol. The third kappa shape index (κ3) is 5.18. The first-order valence-electron chi connectivity index (χ1n) is 16.2. The van der Waals surface area contributed by atoms with Crippen molar-refractivity contribution in [2.75, 3.05) is 46.4 Å². The number of aryl methyl sites for hydroxylation is 1. The van der Waals surface area contributed by atoms with Crippen molar-refractivity contribution in [2.24, 2.45) is 17.3 Å². The summed E-state index contributed by atoms with van der Waals surface area (Å²) in [4.78, 5) is 4.91. The Hall–Kier alpha value is -2.39. The van der Waals surface area contributed by atoms with Gasteiger partial charge in [-0.25, -0.2) is 0 Å². The van der Waals surface area contributed by atoms with Gasteiger partial charge < -0.3 is 14.7 Å². The van der Waals surface area contributed by atoms with Crippen LogP contribution in [-0.4, -0.2) is 66.9 Å². The lowest BCUT2D eigenvalue weighted by Crippen LogP contribution is -2.52. The highest BCUT2D eigenvalue weighted by atomic mass is 16.5. The Labute approximate surface area is 253 Å². The summed E-state index contributed by atoms with van der Waals surface area (Å²) in [6.45, 7) is 8.57. The minimum absolute atomic E-state index is 0. The second-order valence-corrected chi connectivity index (χ2v) is 14.3. The molecule has 0 aromatic heterocycles. The van der Waals surface area contributed by atoms with Gasteiger partial charge in [0.25, 0.3) is 0 Å². The van der Waals surface area contributed by atoms with Gasteiger partial charge in [0.15, 0.2) is 0 Å². The Morgan fingerprint density at radius 1 is 1.00 bits per heavy atom. The Balaban J connectivity index is 0.00000316. The lowest BCUT2D eigenvalue weighted by molar-refractivity contribution is -0.105. The molecule has 6 atom stereocenters. The van der Waals surface area contributed by atoms with Crippen molar-refractivity contribution < 1.29 is 9.84 Å². The Morgan fingerprint density at radius 2 is 1.74 bits per heavy atom. The van der Waals surface area contributed by atoms with Crippen LogP contribution in [0.25, 0.3) is 0 Å². The lowest BCUT2D eigenvalue weighted by atomic mass is 9.49. The number of hydrogen-bond acceptors (Lipinski definition) is 5. The summed E-state index contributed by atoms with van der Waals surface area (Å²) in [6, 6.07) is 18.8. The van der Waals surface area contributed by atoms with E-state index in [0.717, 1.165) is 83.1 Å². The number of hydrogen-bond donors (Lipinski definition) is 1. The van der Waals surface area contributed by atoms with Crippen molar-refractivity contribution in [1.29, 1.82) is 5.26 Å². The Bertz CT molecular complexity index is 1290. The molecule has 6 unspecified atom stereocenters. The van der Waals surface area contributed by atoms with Gasteiger partial charge in [-0.3, -0.25) is 4.90 Å². The molecule has 1 saturated heterocycles. The number of nitrogens with zero attached hydrogens (tertiary/aromatic N) is 3. The summed E-state index contributed by atoms with van der Waals surface area (Å²) in [5.74, 6) is 3.55. The van der Waals surface area contributed by atoms with E-state index in [1.165, 1.54) is 35.1 Å². The van der Waals surface area contributed by atoms with E-state index >= 15 is 0 Å². The van der Waals surface area contributed by atoms with Crippen LogP contribution in [-0.2, 0) is 6.42 Å². The molecule has 0 bridgehead atoms. The molecular formula is C37H51N3O2. The number of likely N-dealkylation sites (N-methyl/N-ethyl adjacent to an activating group) is 1. The number of benzene rings is 2. The fourth-order valence-electron chi connectivity index (χ4n) is 9.41. The van der Waals surface area contributed by atoms with E-state index in [1.54, 1.807) is 0 Å². The maximum Gasteiger partial charge on any atom is 0.119 e. The maximum atomic E-state index is 11.9. The average Bonchev–Trinajstić information content (AvgIpc) is 3.79. The number of fused-ring (bicyclic) bond motifs is 5. The van der Waals surface area contributed by atoms with E-state index in [4.69, 9.17) is 4.74 Å². The Kier molecular flexibility index (Phi) is 8.20. The highest BCUT2D eigenvalue weighted by molar-refractivity contribution is 5.44. The van der Waals surface area contributed by atoms with E-state index in [0.29, 0.717) is 23.7 Å². The molecule has 1 heterocycles. The van der Waals surface area contributed by atoms with E-state index in [-0.39, 0.29) is 19.3 Å². The molecule has 226 valence electrons. The Morgan fingerprint density at radius 3 is 2.45 bits per heavy atom. The molecule has 1 N–H and O–H groups in total. The van der Waals surface area contributed by atoms with Crippen LogP contribution >= 0.6 is 0 Å². The summed E-state index contributed by atoms with van der Waals surface area (Å²) in [7, 11) is 2.20. The van der Waals surface area contributed by atoms with Crippen molar-refractivity contribution in [3.8, 4) is 11.8 Å². The quantitative estimate of drug-likeness (QED) is 0.401. The van der Waals surface area contributed by atoms with Crippen molar-refractivity contribution >= 4 is 0 Å². The largest absolute Gasteiger partial charge is 0.492 e. The molecule has 0 radical (unpaired) electrons. The fourth-order valence-corrected chi connectivity index (χ4v) is 9.41. The van der Waals surface area contributed by atoms with Crippen LogP contribution in [0.3, 0.4) is 0 Å². The topological polar surface area (TPSA) is 59.7 Å². The molecule has 42 heavy (non-hydrogen) atoms. The van der Waals surface area contributed by atoms with Gasteiger partial charge in [-0.05, 0) is 116 Å². The zero-order chi connectivity index (χ0) is 28.2. The minimum Gasteiger partial charge on any atom is -0.492 e. The molecule has 5 aliphatic rings. The SMILES string of the molecule is C.CN1CCN(CCOc2ccc3c(c2)CCC2C3C(c3ccc(C4CC4)cc3)CC3(C)C2CCC3(O)CC#N)CC1. The lowest BCUT2D eigenvalue weighted by Gasteiger charge is -2.56. The molecular weight excluding hydrogens is 518 g/mol. The van der Waals surface area contributed by atoms with Gasteiger partial charge in [0.1, 0.15) is 12.4 Å². The summed E-state index contributed by atoms with van der Waals surface area (Å²) < 4.78 is 6.31. The highest BCUT2D eigenvalue weighted by Gasteiger charge is 2.63. The first-order valence-corrected chi connectivity index (χ1v) is 16.2. The molecule has 4 fully saturated rings. The molecule has 4 aliphatic carbocycles. The number of nitriles is 1. The molecule has 5 nitrogen and oxygen atoms in total. The van der Waals surface area contributed by atoms with Gasteiger partial charge in [-0.15, -0.1) is 0 Å². The first kappa shape index (κ1) is 29.7. The summed E-state index contributed by atoms with van der Waals surface area (Å²) in [6.07, 6.45) is 7.85. The van der Waals surface area contributed by atoms with Crippen molar-refractivity contribution in [2.45, 2.75) is 89.1 Å². The van der Waals surface area contributed by atoms with Crippen molar-refractivity contribution in [3.05, 3.63) is 64.7 Å². The van der Waals surface area contributed by atoms with E-state index < -0.39 is 5.60 Å². The van der Waals surface area contributed by atoms with Gasteiger partial charge in [0.05, 0.1) is 18.1 Å². The summed E-state index contributed by atoms with van der Waals surface area (Å²) >= 11 is 0. The van der Waals surface area contributed by atoms with Crippen molar-refractivity contribution in [3.63, 3.8) is 0 Å². The zero-order valence-corrected chi connectivity index (χ0v) is 25.0. The normalized spacial score (nSPS) is 34.4. The molecule has 1 aliphatic heterocycles. The van der Waals surface area contributed by atoms with Crippen LogP contribution in [0.2, 0.25) is 0 Å². The fraction of sp³-hybridized carbons (Fsp3) is 0.649. The number of piperazine rings is 1. The van der Waals surface area contributed by atoms with Gasteiger partial charge in [-0.1, -0.05) is 44.7 Å². The third-order valence-corrected chi connectivity index (χ3v) is 12.1. The van der Waals surface area contributed by atoms with E-state index in [9.17, 15) is 10.4 Å².